The molecule has 1 aliphatic heterocycles. The summed E-state index contributed by atoms with van der Waals surface area (Å²) in [4.78, 5) is 0. The fourth-order valence-electron chi connectivity index (χ4n) is 2.39. The molecule has 0 spiro atoms. The lowest BCUT2D eigenvalue weighted by atomic mass is 10.0. The first kappa shape index (κ1) is 14.3. The number of epoxide rings is 1. The largest absolute Gasteiger partial charge is 0.393 e. The van der Waals surface area contributed by atoms with Crippen LogP contribution in [0, 0.1) is 0 Å². The number of aryl methyl sites for hydroxylation is 1. The Bertz CT molecular complexity index is 424. The molecule has 2 nitrogen and oxygen atoms in total. The smallest absolute Gasteiger partial charge is 0.115 e. The summed E-state index contributed by atoms with van der Waals surface area (Å²) in [6.45, 7) is 4.30. The Kier molecular flexibility index (Phi) is 4.78. The zero-order chi connectivity index (χ0) is 13.7. The third kappa shape index (κ3) is 4.19. The van der Waals surface area contributed by atoms with Crippen LogP contribution in [0.4, 0.5) is 0 Å². The van der Waals surface area contributed by atoms with Gasteiger partial charge < -0.3 is 9.84 Å². The highest BCUT2D eigenvalue weighted by Crippen LogP contribution is 2.39. The molecule has 2 unspecified atom stereocenters. The van der Waals surface area contributed by atoms with Crippen molar-refractivity contribution in [3.63, 3.8) is 0 Å². The quantitative estimate of drug-likeness (QED) is 0.601. The highest BCUT2D eigenvalue weighted by atomic mass is 16.6. The molecule has 1 aromatic carbocycles. The van der Waals surface area contributed by atoms with Gasteiger partial charge in [-0.3, -0.25) is 0 Å². The second-order valence-corrected chi connectivity index (χ2v) is 5.69. The Morgan fingerprint density at radius 1 is 1.37 bits per heavy atom. The number of ether oxygens (including phenoxy) is 1. The first-order chi connectivity index (χ1) is 9.14. The van der Waals surface area contributed by atoms with E-state index in [1.807, 2.05) is 6.92 Å². The maximum absolute atomic E-state index is 9.13. The van der Waals surface area contributed by atoms with Gasteiger partial charge in [-0.1, -0.05) is 42.0 Å². The van der Waals surface area contributed by atoms with E-state index in [1.165, 1.54) is 11.1 Å². The number of allylic oxidation sites excluding steroid dienone is 2. The number of hydrogen-bond acceptors (Lipinski definition) is 2. The minimum absolute atomic E-state index is 0.133. The van der Waals surface area contributed by atoms with Crippen molar-refractivity contribution in [2.24, 2.45) is 0 Å². The summed E-state index contributed by atoms with van der Waals surface area (Å²) in [6, 6.07) is 10.6. The van der Waals surface area contributed by atoms with Gasteiger partial charge in [-0.2, -0.15) is 0 Å². The van der Waals surface area contributed by atoms with E-state index in [4.69, 9.17) is 9.84 Å². The van der Waals surface area contributed by atoms with Crippen LogP contribution in [0.5, 0.6) is 0 Å². The Morgan fingerprint density at radius 2 is 2.11 bits per heavy atom. The number of rotatable bonds is 7. The molecule has 1 aliphatic rings. The van der Waals surface area contributed by atoms with Gasteiger partial charge in [0.1, 0.15) is 5.60 Å². The summed E-state index contributed by atoms with van der Waals surface area (Å²) < 4.78 is 5.50. The average molecular weight is 260 g/mol. The lowest BCUT2D eigenvalue weighted by Gasteiger charge is -2.02. The van der Waals surface area contributed by atoms with E-state index >= 15 is 0 Å². The van der Waals surface area contributed by atoms with E-state index in [2.05, 4.69) is 43.3 Å². The van der Waals surface area contributed by atoms with Crippen molar-refractivity contribution >= 4 is 0 Å². The first-order valence-electron chi connectivity index (χ1n) is 7.12. The zero-order valence-corrected chi connectivity index (χ0v) is 11.9. The Labute approximate surface area is 116 Å². The van der Waals surface area contributed by atoms with Crippen LogP contribution in [0.1, 0.15) is 38.7 Å². The first-order valence-corrected chi connectivity index (χ1v) is 7.12. The summed E-state index contributed by atoms with van der Waals surface area (Å²) >= 11 is 0. The molecule has 0 aliphatic carbocycles. The Morgan fingerprint density at radius 3 is 2.74 bits per heavy atom. The number of aliphatic hydroxyl groups excluding tert-OH is 1. The summed E-state index contributed by atoms with van der Waals surface area (Å²) in [5, 5.41) is 9.13. The molecule has 104 valence electrons. The molecule has 1 heterocycles. The number of benzene rings is 1. The van der Waals surface area contributed by atoms with Crippen LogP contribution in [0.15, 0.2) is 42.0 Å². The molecule has 0 bridgehead atoms. The average Bonchev–Trinajstić information content (AvgIpc) is 3.09. The van der Waals surface area contributed by atoms with Gasteiger partial charge in [-0.05, 0) is 45.1 Å². The van der Waals surface area contributed by atoms with E-state index < -0.39 is 0 Å². The molecular weight excluding hydrogens is 236 g/mol. The van der Waals surface area contributed by atoms with E-state index in [1.54, 1.807) is 0 Å². The molecule has 1 N–H and O–H groups in total. The summed E-state index contributed by atoms with van der Waals surface area (Å²) in [6.07, 6.45) is 6.85. The predicted octanol–water partition coefficient (Wildman–Crippen LogP) is 3.50. The van der Waals surface area contributed by atoms with Crippen LogP contribution in [0.25, 0.3) is 0 Å². The predicted molar refractivity (Wildman–Crippen MR) is 78.1 cm³/mol. The number of aliphatic hydroxyl groups is 1. The molecular formula is C17H24O2. The minimum Gasteiger partial charge on any atom is -0.393 e. The van der Waals surface area contributed by atoms with Gasteiger partial charge in [0.2, 0.25) is 0 Å². The van der Waals surface area contributed by atoms with Crippen molar-refractivity contribution in [1.29, 1.82) is 0 Å². The topological polar surface area (TPSA) is 32.8 Å². The molecule has 2 heteroatoms. The van der Waals surface area contributed by atoms with Crippen molar-refractivity contribution in [1.82, 2.24) is 0 Å². The van der Waals surface area contributed by atoms with Crippen LogP contribution in [-0.2, 0) is 11.2 Å². The molecule has 0 radical (unpaired) electrons. The van der Waals surface area contributed by atoms with Crippen LogP contribution in [0.2, 0.25) is 0 Å². The standard InChI is InChI=1S/C17H24O2/c1-14(11-12-16-17(2,13-18)19-16)7-6-10-15-8-4-3-5-9-15/h3-5,7-9,16,18H,6,10-13H2,1-2H3/b14-7+. The molecule has 1 saturated heterocycles. The Balaban J connectivity index is 1.66. The van der Waals surface area contributed by atoms with E-state index in [-0.39, 0.29) is 18.3 Å². The normalized spacial score (nSPS) is 26.5. The van der Waals surface area contributed by atoms with Gasteiger partial charge in [-0.25, -0.2) is 0 Å². The van der Waals surface area contributed by atoms with Gasteiger partial charge >= 0.3 is 0 Å². The van der Waals surface area contributed by atoms with Crippen molar-refractivity contribution in [3.8, 4) is 0 Å². The van der Waals surface area contributed by atoms with Gasteiger partial charge in [0.05, 0.1) is 12.7 Å². The zero-order valence-electron chi connectivity index (χ0n) is 11.9. The summed E-state index contributed by atoms with van der Waals surface area (Å²) in [5.41, 5.74) is 2.56. The third-order valence-corrected chi connectivity index (χ3v) is 3.92. The summed E-state index contributed by atoms with van der Waals surface area (Å²) in [5.74, 6) is 0. The Hall–Kier alpha value is -1.12. The molecule has 19 heavy (non-hydrogen) atoms. The van der Waals surface area contributed by atoms with Gasteiger partial charge in [-0.15, -0.1) is 0 Å². The summed E-state index contributed by atoms with van der Waals surface area (Å²) in [7, 11) is 0. The molecule has 0 saturated carbocycles. The SMILES string of the molecule is C/C(=C\CCc1ccccc1)CCC1OC1(C)CO. The van der Waals surface area contributed by atoms with E-state index in [9.17, 15) is 0 Å². The lowest BCUT2D eigenvalue weighted by Crippen LogP contribution is -2.14. The van der Waals surface area contributed by atoms with Crippen molar-refractivity contribution in [3.05, 3.63) is 47.5 Å². The highest BCUT2D eigenvalue weighted by molar-refractivity contribution is 5.15. The minimum atomic E-state index is -0.260. The fourth-order valence-corrected chi connectivity index (χ4v) is 2.39. The van der Waals surface area contributed by atoms with Crippen molar-refractivity contribution in [2.45, 2.75) is 51.2 Å². The third-order valence-electron chi connectivity index (χ3n) is 3.92. The molecule has 2 atom stereocenters. The molecule has 0 aromatic heterocycles. The van der Waals surface area contributed by atoms with E-state index in [0.717, 1.165) is 25.7 Å². The van der Waals surface area contributed by atoms with Crippen molar-refractivity contribution < 1.29 is 9.84 Å². The van der Waals surface area contributed by atoms with Crippen molar-refractivity contribution in [2.75, 3.05) is 6.61 Å². The van der Waals surface area contributed by atoms with Gasteiger partial charge in [0.25, 0.3) is 0 Å². The van der Waals surface area contributed by atoms with Gasteiger partial charge in [0, 0.05) is 0 Å². The lowest BCUT2D eigenvalue weighted by molar-refractivity contribution is 0.184. The fraction of sp³-hybridized carbons (Fsp3) is 0.529. The second kappa shape index (κ2) is 6.36. The second-order valence-electron chi connectivity index (χ2n) is 5.69. The molecule has 2 rings (SSSR count). The molecule has 1 aromatic rings. The highest BCUT2D eigenvalue weighted by Gasteiger charge is 2.50. The monoisotopic (exact) mass is 260 g/mol. The molecule has 0 amide bonds. The van der Waals surface area contributed by atoms with Crippen LogP contribution in [-0.4, -0.2) is 23.4 Å². The van der Waals surface area contributed by atoms with Crippen LogP contribution >= 0.6 is 0 Å². The van der Waals surface area contributed by atoms with Crippen LogP contribution in [0.3, 0.4) is 0 Å². The number of hydrogen-bond donors (Lipinski definition) is 1. The van der Waals surface area contributed by atoms with Gasteiger partial charge in [0.15, 0.2) is 0 Å². The van der Waals surface area contributed by atoms with E-state index in [0.29, 0.717) is 0 Å². The van der Waals surface area contributed by atoms with Crippen LogP contribution < -0.4 is 0 Å². The maximum atomic E-state index is 9.13. The maximum Gasteiger partial charge on any atom is 0.115 e. The molecule has 1 fully saturated rings.